The summed E-state index contributed by atoms with van der Waals surface area (Å²) in [6.07, 6.45) is 8.37. The van der Waals surface area contributed by atoms with E-state index in [1.54, 1.807) is 22.9 Å². The Kier molecular flexibility index (Phi) is 9.98. The van der Waals surface area contributed by atoms with Crippen molar-refractivity contribution in [1.82, 2.24) is 5.32 Å². The normalized spacial score (nSPS) is 12.5. The van der Waals surface area contributed by atoms with E-state index < -0.39 is 5.91 Å². The van der Waals surface area contributed by atoms with Crippen molar-refractivity contribution in [1.29, 1.82) is 0 Å². The van der Waals surface area contributed by atoms with Gasteiger partial charge in [0.05, 0.1) is 22.9 Å². The van der Waals surface area contributed by atoms with E-state index in [1.807, 2.05) is 0 Å². The number of guanidine groups is 1. The van der Waals surface area contributed by atoms with Crippen LogP contribution in [0.15, 0.2) is 20.4 Å². The van der Waals surface area contributed by atoms with Crippen LogP contribution in [-0.4, -0.2) is 24.6 Å². The number of amides is 1. The van der Waals surface area contributed by atoms with Crippen LogP contribution in [0.25, 0.3) is 0 Å². The zero-order valence-electron chi connectivity index (χ0n) is 9.32. The first-order valence-electron chi connectivity index (χ1n) is 5.12. The molecule has 0 saturated carbocycles. The molecule has 0 aromatic carbocycles. The number of nitrogens with one attached hydrogen (secondary N) is 1. The molecule has 0 aliphatic heterocycles. The van der Waals surface area contributed by atoms with E-state index in [0.717, 1.165) is 25.5 Å². The molecule has 0 aliphatic rings. The van der Waals surface area contributed by atoms with Crippen molar-refractivity contribution in [2.45, 2.75) is 26.2 Å². The molecule has 0 aliphatic carbocycles. The molecule has 0 unspecified atom stereocenters. The van der Waals surface area contributed by atoms with E-state index in [4.69, 9.17) is 5.73 Å². The number of aliphatic imine (C=N–C) groups is 1. The second-order valence-electron chi connectivity index (χ2n) is 3.01. The molecule has 5 nitrogen and oxygen atoms in total. The average Bonchev–Trinajstić information content (AvgIpc) is 2.23. The highest BCUT2D eigenvalue weighted by atomic mass is 127. The van der Waals surface area contributed by atoms with Gasteiger partial charge in [0.2, 0.25) is 0 Å². The average molecular weight is 336 g/mol. The van der Waals surface area contributed by atoms with Crippen molar-refractivity contribution in [3.05, 3.63) is 12.2 Å². The zero-order valence-corrected chi connectivity index (χ0v) is 11.5. The fourth-order valence-corrected chi connectivity index (χ4v) is 1.19. The Morgan fingerprint density at radius 1 is 1.50 bits per heavy atom. The minimum absolute atomic E-state index is 0.140. The largest absolute Gasteiger partial charge is 0.370 e. The van der Waals surface area contributed by atoms with Gasteiger partial charge >= 0.3 is 0 Å². The molecule has 0 fully saturated rings. The van der Waals surface area contributed by atoms with Gasteiger partial charge in [-0.2, -0.15) is 4.99 Å². The van der Waals surface area contributed by atoms with Crippen LogP contribution in [0.3, 0.4) is 0 Å². The number of unbranched alkanes of at least 4 members (excludes halogenated alkanes) is 1. The lowest BCUT2D eigenvalue weighted by Crippen LogP contribution is -2.33. The van der Waals surface area contributed by atoms with Crippen LogP contribution in [0, 0.1) is 0 Å². The van der Waals surface area contributed by atoms with E-state index >= 15 is 0 Å². The van der Waals surface area contributed by atoms with Gasteiger partial charge < -0.3 is 11.1 Å². The Bertz CT molecular complexity index is 287. The standard InChI is InChI=1S/C10H17IN4O/c1-2-3-4-5-6-7-13-10(12)15-9(16)8-14-11/h3-4,8H,2,5-7H2,1H3,(H3,12,13,15,16)/b4-3-,14-8-. The van der Waals surface area contributed by atoms with Crippen LogP contribution in [0.2, 0.25) is 0 Å². The maximum absolute atomic E-state index is 11.0. The van der Waals surface area contributed by atoms with Crippen LogP contribution >= 0.6 is 22.9 Å². The maximum Gasteiger partial charge on any atom is 0.291 e. The Labute approximate surface area is 110 Å². The monoisotopic (exact) mass is 336 g/mol. The van der Waals surface area contributed by atoms with Crippen molar-refractivity contribution in [2.24, 2.45) is 13.9 Å². The first-order chi connectivity index (χ1) is 7.70. The van der Waals surface area contributed by atoms with Crippen LogP contribution in [0.4, 0.5) is 0 Å². The summed E-state index contributed by atoms with van der Waals surface area (Å²) >= 11 is 1.71. The molecule has 1 amide bonds. The summed E-state index contributed by atoms with van der Waals surface area (Å²) in [6.45, 7) is 2.80. The summed E-state index contributed by atoms with van der Waals surface area (Å²) in [5, 5.41) is 2.86. The van der Waals surface area contributed by atoms with E-state index in [-0.39, 0.29) is 5.96 Å². The third-order valence-electron chi connectivity index (χ3n) is 1.65. The molecule has 3 N–H and O–H groups in total. The van der Waals surface area contributed by atoms with Gasteiger partial charge in [-0.3, -0.25) is 4.79 Å². The molecule has 0 heterocycles. The first kappa shape index (κ1) is 15.1. The number of hydrogen-bond donors (Lipinski definition) is 2. The first-order valence-corrected chi connectivity index (χ1v) is 6.08. The van der Waals surface area contributed by atoms with Gasteiger partial charge in [-0.25, -0.2) is 3.21 Å². The SMILES string of the molecule is CC/C=C\CCCN/C(N)=N/C(=O)/C=N\I. The van der Waals surface area contributed by atoms with Crippen LogP contribution in [0.1, 0.15) is 26.2 Å². The molecule has 0 rings (SSSR count). The van der Waals surface area contributed by atoms with Gasteiger partial charge in [0, 0.05) is 6.54 Å². The Hall–Kier alpha value is -0.920. The number of nitrogens with two attached hydrogens (primary N) is 1. The number of rotatable bonds is 6. The second kappa shape index (κ2) is 10.6. The van der Waals surface area contributed by atoms with Crippen LogP contribution in [-0.2, 0) is 4.79 Å². The number of carbonyl (C=O) groups is 1. The molecule has 0 bridgehead atoms. The smallest absolute Gasteiger partial charge is 0.291 e. The molecule has 6 heteroatoms. The van der Waals surface area contributed by atoms with Crippen molar-refractivity contribution in [3.63, 3.8) is 0 Å². The summed E-state index contributed by atoms with van der Waals surface area (Å²) in [5.74, 6) is -0.314. The molecular formula is C10H17IN4O. The summed E-state index contributed by atoms with van der Waals surface area (Å²) in [7, 11) is 0. The Morgan fingerprint density at radius 2 is 2.25 bits per heavy atom. The summed E-state index contributed by atoms with van der Waals surface area (Å²) in [6, 6.07) is 0. The topological polar surface area (TPSA) is 79.8 Å². The van der Waals surface area contributed by atoms with E-state index in [1.165, 1.54) is 0 Å². The Balaban J connectivity index is 3.68. The van der Waals surface area contributed by atoms with E-state index in [2.05, 4.69) is 32.6 Å². The maximum atomic E-state index is 11.0. The lowest BCUT2D eigenvalue weighted by molar-refractivity contribution is -0.111. The summed E-state index contributed by atoms with van der Waals surface area (Å²) < 4.78 is 3.51. The molecule has 0 aromatic heterocycles. The quantitative estimate of drug-likeness (QED) is 0.254. The highest BCUT2D eigenvalue weighted by molar-refractivity contribution is 14.1. The van der Waals surface area contributed by atoms with E-state index in [0.29, 0.717) is 6.54 Å². The third-order valence-corrected chi connectivity index (χ3v) is 1.92. The molecular weight excluding hydrogens is 319 g/mol. The van der Waals surface area contributed by atoms with Crippen molar-refractivity contribution < 1.29 is 4.79 Å². The van der Waals surface area contributed by atoms with E-state index in [9.17, 15) is 4.79 Å². The highest BCUT2D eigenvalue weighted by Crippen LogP contribution is 1.90. The van der Waals surface area contributed by atoms with Crippen LogP contribution in [0.5, 0.6) is 0 Å². The molecule has 90 valence electrons. The van der Waals surface area contributed by atoms with Gasteiger partial charge in [-0.05, 0) is 19.3 Å². The molecule has 0 spiro atoms. The Morgan fingerprint density at radius 3 is 2.88 bits per heavy atom. The number of allylic oxidation sites excluding steroid dienone is 2. The highest BCUT2D eigenvalue weighted by Gasteiger charge is 1.95. The molecule has 0 atom stereocenters. The van der Waals surface area contributed by atoms with Gasteiger partial charge in [0.1, 0.15) is 6.21 Å². The number of nitrogens with zero attached hydrogens (tertiary/aromatic N) is 2. The fourth-order valence-electron chi connectivity index (χ4n) is 0.950. The molecule has 0 radical (unpaired) electrons. The predicted molar refractivity (Wildman–Crippen MR) is 75.8 cm³/mol. The lowest BCUT2D eigenvalue weighted by atomic mass is 10.3. The van der Waals surface area contributed by atoms with Gasteiger partial charge in [-0.1, -0.05) is 19.1 Å². The summed E-state index contributed by atoms with van der Waals surface area (Å²) in [4.78, 5) is 14.5. The van der Waals surface area contributed by atoms with Gasteiger partial charge in [0.25, 0.3) is 5.91 Å². The van der Waals surface area contributed by atoms with Crippen molar-refractivity contribution in [2.75, 3.05) is 6.54 Å². The van der Waals surface area contributed by atoms with Crippen molar-refractivity contribution >= 4 is 40.9 Å². The lowest BCUT2D eigenvalue weighted by Gasteiger charge is -2.02. The summed E-state index contributed by atoms with van der Waals surface area (Å²) in [5.41, 5.74) is 5.48. The van der Waals surface area contributed by atoms with Gasteiger partial charge in [0.15, 0.2) is 5.96 Å². The number of carbonyl (C=O) groups excluding carboxylic acids is 1. The minimum Gasteiger partial charge on any atom is -0.370 e. The third kappa shape index (κ3) is 9.63. The predicted octanol–water partition coefficient (Wildman–Crippen LogP) is 1.58. The van der Waals surface area contributed by atoms with Crippen molar-refractivity contribution in [3.8, 4) is 0 Å². The number of halogens is 1. The zero-order chi connectivity index (χ0) is 12.2. The number of hydrogen-bond acceptors (Lipinski definition) is 2. The fraction of sp³-hybridized carbons (Fsp3) is 0.500. The van der Waals surface area contributed by atoms with Gasteiger partial charge in [-0.15, -0.1) is 0 Å². The molecule has 0 saturated heterocycles. The minimum atomic E-state index is -0.453. The molecule has 16 heavy (non-hydrogen) atoms. The van der Waals surface area contributed by atoms with Crippen LogP contribution < -0.4 is 11.1 Å². The second-order valence-corrected chi connectivity index (χ2v) is 3.57. The molecule has 0 aromatic rings.